The minimum Gasteiger partial charge on any atom is -0.195 e. The minimum absolute atomic E-state index is 0.120. The maximum absolute atomic E-state index is 12.5. The van der Waals surface area contributed by atoms with Gasteiger partial charge in [-0.3, -0.25) is 0 Å². The second-order valence-corrected chi connectivity index (χ2v) is 7.82. The van der Waals surface area contributed by atoms with Gasteiger partial charge in [-0.1, -0.05) is 12.5 Å². The highest BCUT2D eigenvalue weighted by molar-refractivity contribution is 7.86. The summed E-state index contributed by atoms with van der Waals surface area (Å²) in [5, 5.41) is 1.97. The molecular formula is C12H20N2O2S2. The van der Waals surface area contributed by atoms with Crippen molar-refractivity contribution in [2.24, 2.45) is 0 Å². The Morgan fingerprint density at radius 1 is 1.50 bits per heavy atom. The van der Waals surface area contributed by atoms with Gasteiger partial charge in [0.05, 0.1) is 0 Å². The van der Waals surface area contributed by atoms with Gasteiger partial charge < -0.3 is 0 Å². The van der Waals surface area contributed by atoms with Gasteiger partial charge in [0.15, 0.2) is 0 Å². The first-order valence-corrected chi connectivity index (χ1v) is 8.55. The van der Waals surface area contributed by atoms with Crippen LogP contribution in [-0.2, 0) is 16.8 Å². The van der Waals surface area contributed by atoms with E-state index in [1.54, 1.807) is 22.7 Å². The van der Waals surface area contributed by atoms with Crippen molar-refractivity contribution in [3.8, 4) is 0 Å². The van der Waals surface area contributed by atoms with Gasteiger partial charge in [-0.05, 0) is 31.2 Å². The van der Waals surface area contributed by atoms with E-state index >= 15 is 0 Å². The zero-order valence-corrected chi connectivity index (χ0v) is 12.5. The fourth-order valence-electron chi connectivity index (χ4n) is 2.30. The van der Waals surface area contributed by atoms with Crippen LogP contribution in [0.2, 0.25) is 0 Å². The van der Waals surface area contributed by atoms with Crippen LogP contribution in [0.15, 0.2) is 17.5 Å². The molecule has 1 aliphatic rings. The monoisotopic (exact) mass is 288 g/mol. The molecule has 102 valence electrons. The quantitative estimate of drug-likeness (QED) is 0.853. The summed E-state index contributed by atoms with van der Waals surface area (Å²) in [6, 6.07) is 4.04. The number of hydrogen-bond donors (Lipinski definition) is 0. The lowest BCUT2D eigenvalue weighted by Crippen LogP contribution is -2.48. The van der Waals surface area contributed by atoms with E-state index in [1.165, 1.54) is 4.31 Å². The highest BCUT2D eigenvalue weighted by Gasteiger charge is 2.32. The summed E-state index contributed by atoms with van der Waals surface area (Å²) in [5.41, 5.74) is 0. The topological polar surface area (TPSA) is 40.6 Å². The smallest absolute Gasteiger partial charge is 0.195 e. The average Bonchev–Trinajstić information content (AvgIpc) is 2.82. The number of thiophene rings is 1. The molecule has 1 fully saturated rings. The van der Waals surface area contributed by atoms with Crippen LogP contribution in [0.1, 0.15) is 31.1 Å². The SMILES string of the molecule is CC1CCCCN1S(=O)(=O)N(C)Cc1cccs1. The van der Waals surface area contributed by atoms with Gasteiger partial charge >= 0.3 is 0 Å². The highest BCUT2D eigenvalue weighted by Crippen LogP contribution is 2.23. The molecule has 0 amide bonds. The molecule has 1 aliphatic heterocycles. The first-order valence-electron chi connectivity index (χ1n) is 6.27. The Bertz CT molecular complexity index is 470. The summed E-state index contributed by atoms with van der Waals surface area (Å²) in [4.78, 5) is 1.07. The Balaban J connectivity index is 2.09. The average molecular weight is 288 g/mol. The van der Waals surface area contributed by atoms with Gasteiger partial charge in [-0.2, -0.15) is 17.0 Å². The Hall–Kier alpha value is -0.430. The van der Waals surface area contributed by atoms with Crippen LogP contribution in [0.4, 0.5) is 0 Å². The zero-order valence-electron chi connectivity index (χ0n) is 10.9. The molecule has 1 unspecified atom stereocenters. The normalized spacial score (nSPS) is 22.5. The van der Waals surface area contributed by atoms with Crippen LogP contribution in [0.25, 0.3) is 0 Å². The number of rotatable bonds is 4. The molecule has 1 aromatic rings. The van der Waals surface area contributed by atoms with Gasteiger partial charge in [-0.15, -0.1) is 11.3 Å². The second kappa shape index (κ2) is 5.69. The van der Waals surface area contributed by atoms with E-state index in [0.29, 0.717) is 13.1 Å². The minimum atomic E-state index is -3.31. The maximum Gasteiger partial charge on any atom is 0.282 e. The largest absolute Gasteiger partial charge is 0.282 e. The van der Waals surface area contributed by atoms with Crippen molar-refractivity contribution in [2.45, 2.75) is 38.8 Å². The van der Waals surface area contributed by atoms with Gasteiger partial charge in [0.2, 0.25) is 0 Å². The van der Waals surface area contributed by atoms with Crippen LogP contribution >= 0.6 is 11.3 Å². The summed E-state index contributed by atoms with van der Waals surface area (Å²) in [6.45, 7) is 3.11. The lowest BCUT2D eigenvalue weighted by molar-refractivity contribution is 0.249. The van der Waals surface area contributed by atoms with Crippen molar-refractivity contribution >= 4 is 21.5 Å². The van der Waals surface area contributed by atoms with E-state index in [9.17, 15) is 8.42 Å². The van der Waals surface area contributed by atoms with Crippen LogP contribution in [-0.4, -0.2) is 36.7 Å². The molecule has 1 atom stereocenters. The van der Waals surface area contributed by atoms with Crippen molar-refractivity contribution in [1.82, 2.24) is 8.61 Å². The van der Waals surface area contributed by atoms with Gasteiger partial charge in [0.1, 0.15) is 0 Å². The molecule has 1 saturated heterocycles. The fourth-order valence-corrected chi connectivity index (χ4v) is 4.72. The van der Waals surface area contributed by atoms with Gasteiger partial charge in [0, 0.05) is 31.1 Å². The predicted octanol–water partition coefficient (Wildman–Crippen LogP) is 2.30. The molecule has 0 bridgehead atoms. The van der Waals surface area contributed by atoms with E-state index in [1.807, 2.05) is 24.4 Å². The second-order valence-electron chi connectivity index (χ2n) is 4.80. The molecule has 0 radical (unpaired) electrons. The molecule has 0 aliphatic carbocycles. The Morgan fingerprint density at radius 2 is 2.28 bits per heavy atom. The van der Waals surface area contributed by atoms with Crippen LogP contribution < -0.4 is 0 Å². The van der Waals surface area contributed by atoms with Crippen LogP contribution in [0, 0.1) is 0 Å². The molecule has 18 heavy (non-hydrogen) atoms. The third-order valence-corrected chi connectivity index (χ3v) is 6.30. The van der Waals surface area contributed by atoms with E-state index in [2.05, 4.69) is 0 Å². The van der Waals surface area contributed by atoms with E-state index in [-0.39, 0.29) is 6.04 Å². The molecule has 2 heterocycles. The van der Waals surface area contributed by atoms with Crippen LogP contribution in [0.3, 0.4) is 0 Å². The Labute approximate surface area is 113 Å². The summed E-state index contributed by atoms with van der Waals surface area (Å²) < 4.78 is 28.1. The van der Waals surface area contributed by atoms with Crippen molar-refractivity contribution in [2.75, 3.05) is 13.6 Å². The van der Waals surface area contributed by atoms with Crippen molar-refractivity contribution < 1.29 is 8.42 Å². The van der Waals surface area contributed by atoms with Gasteiger partial charge in [0.25, 0.3) is 10.2 Å². The Kier molecular flexibility index (Phi) is 4.42. The number of hydrogen-bond acceptors (Lipinski definition) is 3. The van der Waals surface area contributed by atoms with Gasteiger partial charge in [-0.25, -0.2) is 0 Å². The molecule has 6 heteroatoms. The maximum atomic E-state index is 12.5. The van der Waals surface area contributed by atoms with Crippen molar-refractivity contribution in [1.29, 1.82) is 0 Å². The molecule has 2 rings (SSSR count). The van der Waals surface area contributed by atoms with E-state index < -0.39 is 10.2 Å². The summed E-state index contributed by atoms with van der Waals surface area (Å²) >= 11 is 1.59. The molecule has 0 N–H and O–H groups in total. The molecular weight excluding hydrogens is 268 g/mol. The predicted molar refractivity (Wildman–Crippen MR) is 74.7 cm³/mol. The molecule has 0 aromatic carbocycles. The third-order valence-electron chi connectivity index (χ3n) is 3.39. The summed E-state index contributed by atoms with van der Waals surface area (Å²) in [5.74, 6) is 0. The zero-order chi connectivity index (χ0) is 13.2. The van der Waals surface area contributed by atoms with E-state index in [0.717, 1.165) is 24.1 Å². The first-order chi connectivity index (χ1) is 8.51. The molecule has 0 spiro atoms. The van der Waals surface area contributed by atoms with E-state index in [4.69, 9.17) is 0 Å². The molecule has 4 nitrogen and oxygen atoms in total. The standard InChI is InChI=1S/C12H20N2O2S2/c1-11-6-3-4-8-14(11)18(15,16)13(2)10-12-7-5-9-17-12/h5,7,9,11H,3-4,6,8,10H2,1-2H3. The lowest BCUT2D eigenvalue weighted by Gasteiger charge is -2.35. The summed E-state index contributed by atoms with van der Waals surface area (Å²) in [6.07, 6.45) is 3.06. The van der Waals surface area contributed by atoms with Crippen molar-refractivity contribution in [3.05, 3.63) is 22.4 Å². The summed E-state index contributed by atoms with van der Waals surface area (Å²) in [7, 11) is -1.65. The molecule has 0 saturated carbocycles. The Morgan fingerprint density at radius 3 is 2.89 bits per heavy atom. The van der Waals surface area contributed by atoms with Crippen LogP contribution in [0.5, 0.6) is 0 Å². The number of nitrogens with zero attached hydrogens (tertiary/aromatic N) is 2. The fraction of sp³-hybridized carbons (Fsp3) is 0.667. The number of piperidine rings is 1. The third kappa shape index (κ3) is 2.93. The van der Waals surface area contributed by atoms with Crippen molar-refractivity contribution in [3.63, 3.8) is 0 Å². The molecule has 1 aromatic heterocycles. The lowest BCUT2D eigenvalue weighted by atomic mass is 10.1. The first kappa shape index (κ1) is 14.0. The highest BCUT2D eigenvalue weighted by atomic mass is 32.2.